The Hall–Kier alpha value is -3.91. The van der Waals surface area contributed by atoms with E-state index in [9.17, 15) is 9.59 Å². The van der Waals surface area contributed by atoms with Crippen molar-refractivity contribution < 1.29 is 14.3 Å². The zero-order valence-corrected chi connectivity index (χ0v) is 22.6. The van der Waals surface area contributed by atoms with E-state index in [0.29, 0.717) is 32.4 Å². The first-order valence-corrected chi connectivity index (χ1v) is 12.9. The van der Waals surface area contributed by atoms with Gasteiger partial charge in [-0.1, -0.05) is 81.6 Å². The summed E-state index contributed by atoms with van der Waals surface area (Å²) in [6.07, 6.45) is 1.41. The highest BCUT2D eigenvalue weighted by Gasteiger charge is 2.20. The normalized spacial score (nSPS) is 11.1. The van der Waals surface area contributed by atoms with Gasteiger partial charge in [0.2, 0.25) is 0 Å². The molecule has 1 amide bonds. The lowest BCUT2D eigenvalue weighted by Gasteiger charge is -2.08. The molecule has 0 fully saturated rings. The second kappa shape index (κ2) is 11.2. The Kier molecular flexibility index (Phi) is 7.60. The molecule has 0 bridgehead atoms. The molecular weight excluding hydrogens is 589 g/mol. The molecule has 5 rings (SSSR count). The molecule has 9 heteroatoms. The summed E-state index contributed by atoms with van der Waals surface area (Å²) in [6.45, 7) is 0. The van der Waals surface area contributed by atoms with Gasteiger partial charge in [-0.15, -0.1) is 0 Å². The summed E-state index contributed by atoms with van der Waals surface area (Å²) in [7, 11) is 0. The van der Waals surface area contributed by atoms with Crippen molar-refractivity contribution in [1.82, 2.24) is 10.4 Å². The lowest BCUT2D eigenvalue weighted by Crippen LogP contribution is -2.19. The van der Waals surface area contributed by atoms with Crippen LogP contribution in [0, 0.1) is 0 Å². The largest absolute Gasteiger partial charge is 0.422 e. The van der Waals surface area contributed by atoms with Gasteiger partial charge in [0.05, 0.1) is 22.3 Å². The number of hydrogen-bond acceptors (Lipinski definition) is 4. The first-order valence-electron chi connectivity index (χ1n) is 11.4. The Morgan fingerprint density at radius 2 is 1.68 bits per heavy atom. The maximum absolute atomic E-state index is 13.2. The lowest BCUT2D eigenvalue weighted by atomic mass is 10.0. The van der Waals surface area contributed by atoms with Crippen LogP contribution in [0.15, 0.2) is 101 Å². The first-order chi connectivity index (χ1) is 18.4. The molecule has 0 atom stereocenters. The van der Waals surface area contributed by atoms with E-state index in [1.54, 1.807) is 48.5 Å². The second-order valence-electron chi connectivity index (χ2n) is 8.18. The fourth-order valence-electron chi connectivity index (χ4n) is 3.93. The molecular formula is C29H18BrCl2N3O3. The average molecular weight is 607 g/mol. The van der Waals surface area contributed by atoms with Crippen LogP contribution in [0.4, 0.5) is 0 Å². The number of fused-ring (bicyclic) bond motifs is 1. The van der Waals surface area contributed by atoms with Crippen molar-refractivity contribution in [3.63, 3.8) is 0 Å². The highest BCUT2D eigenvalue weighted by molar-refractivity contribution is 9.10. The van der Waals surface area contributed by atoms with Gasteiger partial charge in [0.1, 0.15) is 11.4 Å². The van der Waals surface area contributed by atoms with Crippen LogP contribution in [0.25, 0.3) is 22.0 Å². The molecule has 2 N–H and O–H groups in total. The van der Waals surface area contributed by atoms with Crippen molar-refractivity contribution in [2.75, 3.05) is 0 Å². The topological polar surface area (TPSA) is 83.5 Å². The van der Waals surface area contributed by atoms with E-state index >= 15 is 0 Å². The van der Waals surface area contributed by atoms with Crippen molar-refractivity contribution in [3.05, 3.63) is 122 Å². The third-order valence-electron chi connectivity index (χ3n) is 5.70. The molecule has 0 radical (unpaired) electrons. The molecule has 5 aromatic rings. The number of halogens is 3. The van der Waals surface area contributed by atoms with Gasteiger partial charge in [-0.05, 0) is 54.1 Å². The van der Waals surface area contributed by atoms with Crippen LogP contribution in [-0.4, -0.2) is 23.1 Å². The summed E-state index contributed by atoms with van der Waals surface area (Å²) < 4.78 is 6.31. The number of carbonyl (C=O) groups excluding carboxylic acids is 2. The van der Waals surface area contributed by atoms with E-state index in [2.05, 4.69) is 31.4 Å². The SMILES string of the molecule is O=C(Oc1ccc(Br)cc1C=NNC(=O)c1[nH]c2c(Cl)cccc2c1-c1ccccc1)c1ccc(Cl)cc1. The molecule has 0 aliphatic heterocycles. The lowest BCUT2D eigenvalue weighted by molar-refractivity contribution is 0.0734. The van der Waals surface area contributed by atoms with Crippen LogP contribution in [0.2, 0.25) is 10.0 Å². The van der Waals surface area contributed by atoms with Gasteiger partial charge in [0.25, 0.3) is 5.91 Å². The Morgan fingerprint density at radius 1 is 0.921 bits per heavy atom. The minimum Gasteiger partial charge on any atom is -0.422 e. The number of rotatable bonds is 6. The summed E-state index contributed by atoms with van der Waals surface area (Å²) in [5.41, 5.74) is 5.94. The van der Waals surface area contributed by atoms with Crippen molar-refractivity contribution in [2.24, 2.45) is 5.10 Å². The fourth-order valence-corrected chi connectivity index (χ4v) is 4.66. The molecule has 0 saturated carbocycles. The molecule has 0 spiro atoms. The minimum atomic E-state index is -0.551. The Bertz CT molecular complexity index is 1680. The molecule has 1 aromatic heterocycles. The quantitative estimate of drug-likeness (QED) is 0.0892. The molecule has 0 saturated heterocycles. The Morgan fingerprint density at radius 3 is 2.45 bits per heavy atom. The van der Waals surface area contributed by atoms with Crippen LogP contribution >= 0.6 is 39.1 Å². The van der Waals surface area contributed by atoms with Crippen LogP contribution in [0.5, 0.6) is 5.75 Å². The van der Waals surface area contributed by atoms with Gasteiger partial charge in [-0.25, -0.2) is 10.2 Å². The smallest absolute Gasteiger partial charge is 0.343 e. The predicted molar refractivity (Wildman–Crippen MR) is 154 cm³/mol. The molecule has 6 nitrogen and oxygen atoms in total. The minimum absolute atomic E-state index is 0.272. The number of hydrazone groups is 1. The van der Waals surface area contributed by atoms with Crippen LogP contribution < -0.4 is 10.2 Å². The monoisotopic (exact) mass is 605 g/mol. The van der Waals surface area contributed by atoms with Crippen molar-refractivity contribution in [1.29, 1.82) is 0 Å². The number of ether oxygens (including phenoxy) is 1. The summed E-state index contributed by atoms with van der Waals surface area (Å²) >= 11 is 15.7. The summed E-state index contributed by atoms with van der Waals surface area (Å²) in [4.78, 5) is 29.0. The van der Waals surface area contributed by atoms with Crippen molar-refractivity contribution in [3.8, 4) is 16.9 Å². The molecule has 38 heavy (non-hydrogen) atoms. The maximum Gasteiger partial charge on any atom is 0.343 e. The first kappa shape index (κ1) is 25.7. The number of hydrogen-bond donors (Lipinski definition) is 2. The van der Waals surface area contributed by atoms with Gasteiger partial charge < -0.3 is 9.72 Å². The summed E-state index contributed by atoms with van der Waals surface area (Å²) in [5.74, 6) is -0.735. The van der Waals surface area contributed by atoms with E-state index in [-0.39, 0.29) is 5.75 Å². The second-order valence-corrected chi connectivity index (χ2v) is 9.94. The van der Waals surface area contributed by atoms with E-state index in [1.807, 2.05) is 42.5 Å². The number of para-hydroxylation sites is 1. The molecule has 0 aliphatic carbocycles. The van der Waals surface area contributed by atoms with Gasteiger partial charge >= 0.3 is 5.97 Å². The molecule has 0 aliphatic rings. The van der Waals surface area contributed by atoms with Crippen molar-refractivity contribution in [2.45, 2.75) is 0 Å². The number of aromatic amines is 1. The van der Waals surface area contributed by atoms with Crippen LogP contribution in [0.3, 0.4) is 0 Å². The number of H-pyrrole nitrogens is 1. The standard InChI is InChI=1S/C29H18BrCl2N3O3/c30-20-11-14-24(38-29(37)18-9-12-21(31)13-10-18)19(15-20)16-33-35-28(36)27-25(17-5-2-1-3-6-17)22-7-4-8-23(32)26(22)34-27/h1-16,34H,(H,35,36). The number of nitrogens with one attached hydrogen (secondary N) is 2. The zero-order chi connectivity index (χ0) is 26.6. The highest BCUT2D eigenvalue weighted by atomic mass is 79.9. The van der Waals surface area contributed by atoms with E-state index in [4.69, 9.17) is 27.9 Å². The number of amides is 1. The number of nitrogens with zero attached hydrogens (tertiary/aromatic N) is 1. The average Bonchev–Trinajstić information content (AvgIpc) is 3.32. The van der Waals surface area contributed by atoms with E-state index < -0.39 is 11.9 Å². The zero-order valence-electron chi connectivity index (χ0n) is 19.5. The summed E-state index contributed by atoms with van der Waals surface area (Å²) in [5, 5.41) is 5.97. The Labute approximate surface area is 236 Å². The van der Waals surface area contributed by atoms with E-state index in [0.717, 1.165) is 21.0 Å². The van der Waals surface area contributed by atoms with E-state index in [1.165, 1.54) is 6.21 Å². The van der Waals surface area contributed by atoms with Gasteiger partial charge in [0.15, 0.2) is 0 Å². The number of benzene rings is 4. The molecule has 0 unspecified atom stereocenters. The van der Waals surface area contributed by atoms with Gasteiger partial charge in [-0.3, -0.25) is 4.79 Å². The number of carbonyl (C=O) groups is 2. The molecule has 188 valence electrons. The number of aromatic nitrogens is 1. The van der Waals surface area contributed by atoms with Gasteiger partial charge in [-0.2, -0.15) is 5.10 Å². The number of esters is 1. The van der Waals surface area contributed by atoms with Crippen LogP contribution in [-0.2, 0) is 0 Å². The Balaban J connectivity index is 1.41. The fraction of sp³-hybridized carbons (Fsp3) is 0. The van der Waals surface area contributed by atoms with Gasteiger partial charge in [0, 0.05) is 26.0 Å². The third-order valence-corrected chi connectivity index (χ3v) is 6.76. The predicted octanol–water partition coefficient (Wildman–Crippen LogP) is 7.89. The highest BCUT2D eigenvalue weighted by Crippen LogP contribution is 2.35. The summed E-state index contributed by atoms with van der Waals surface area (Å²) in [6, 6.07) is 26.5. The van der Waals surface area contributed by atoms with Crippen molar-refractivity contribution >= 4 is 68.1 Å². The molecule has 4 aromatic carbocycles. The maximum atomic E-state index is 13.2. The molecule has 1 heterocycles. The third kappa shape index (κ3) is 5.50. The van der Waals surface area contributed by atoms with Crippen LogP contribution in [0.1, 0.15) is 26.4 Å².